The van der Waals surface area contributed by atoms with Crippen LogP contribution in [0.4, 0.5) is 4.39 Å². The van der Waals surface area contributed by atoms with Crippen LogP contribution < -0.4 is 4.74 Å². The van der Waals surface area contributed by atoms with Crippen molar-refractivity contribution >= 4 is 0 Å². The molecule has 140 valence electrons. The van der Waals surface area contributed by atoms with E-state index in [1.165, 1.54) is 25.7 Å². The standard InChI is InChI=1S/C24H31FO/c1-3-22-13-16-23(17-14-22,18-15-22)24(25)12-6-5-7-21(24)19-8-10-20(11-9-19)26-4-2/h5-12,21H,3-4,13-18H2,1-2H3. The molecule has 0 saturated heterocycles. The van der Waals surface area contributed by atoms with Gasteiger partial charge in [0, 0.05) is 11.3 Å². The second kappa shape index (κ2) is 6.55. The molecule has 2 heteroatoms. The van der Waals surface area contributed by atoms with E-state index in [1.807, 2.05) is 49.4 Å². The third kappa shape index (κ3) is 2.64. The first-order valence-corrected chi connectivity index (χ1v) is 10.3. The van der Waals surface area contributed by atoms with Crippen molar-refractivity contribution in [3.05, 3.63) is 54.1 Å². The molecular formula is C24H31FO. The molecule has 3 fully saturated rings. The van der Waals surface area contributed by atoms with Crippen LogP contribution in [-0.2, 0) is 0 Å². The van der Waals surface area contributed by atoms with Crippen molar-refractivity contribution in [2.45, 2.75) is 70.4 Å². The van der Waals surface area contributed by atoms with Gasteiger partial charge in [0.1, 0.15) is 11.4 Å². The van der Waals surface area contributed by atoms with E-state index >= 15 is 4.39 Å². The summed E-state index contributed by atoms with van der Waals surface area (Å²) in [7, 11) is 0. The SMILES string of the molecule is CCOc1ccc(C2C=CC=CC2(F)C23CCC(CC)(CC2)CC3)cc1. The van der Waals surface area contributed by atoms with Crippen molar-refractivity contribution in [1.82, 2.24) is 0 Å². The smallest absolute Gasteiger partial charge is 0.145 e. The van der Waals surface area contributed by atoms with Gasteiger partial charge in [0.05, 0.1) is 6.61 Å². The number of halogens is 1. The summed E-state index contributed by atoms with van der Waals surface area (Å²) in [6.45, 7) is 4.95. The van der Waals surface area contributed by atoms with Gasteiger partial charge < -0.3 is 4.74 Å². The normalized spacial score (nSPS) is 38.5. The number of ether oxygens (including phenoxy) is 1. The lowest BCUT2D eigenvalue weighted by Gasteiger charge is -2.59. The lowest BCUT2D eigenvalue weighted by molar-refractivity contribution is -0.0987. The third-order valence-corrected chi connectivity index (χ3v) is 7.72. The van der Waals surface area contributed by atoms with Gasteiger partial charge in [-0.05, 0) is 74.6 Å². The summed E-state index contributed by atoms with van der Waals surface area (Å²) in [6, 6.07) is 8.05. The first kappa shape index (κ1) is 17.8. The molecule has 1 aromatic carbocycles. The van der Waals surface area contributed by atoms with Crippen molar-refractivity contribution in [2.24, 2.45) is 10.8 Å². The Morgan fingerprint density at radius 2 is 1.62 bits per heavy atom. The van der Waals surface area contributed by atoms with Gasteiger partial charge in [-0.25, -0.2) is 4.39 Å². The highest BCUT2D eigenvalue weighted by Crippen LogP contribution is 2.66. The predicted octanol–water partition coefficient (Wildman–Crippen LogP) is 6.75. The zero-order valence-corrected chi connectivity index (χ0v) is 16.1. The summed E-state index contributed by atoms with van der Waals surface area (Å²) in [5, 5.41) is 0. The summed E-state index contributed by atoms with van der Waals surface area (Å²) >= 11 is 0. The van der Waals surface area contributed by atoms with Gasteiger partial charge in [0.15, 0.2) is 0 Å². The molecule has 0 heterocycles. The van der Waals surface area contributed by atoms with Crippen LogP contribution in [0, 0.1) is 10.8 Å². The maximum Gasteiger partial charge on any atom is 0.145 e. The zero-order valence-electron chi connectivity index (χ0n) is 16.1. The topological polar surface area (TPSA) is 9.23 Å². The van der Waals surface area contributed by atoms with E-state index in [9.17, 15) is 0 Å². The largest absolute Gasteiger partial charge is 0.494 e. The molecule has 2 unspecified atom stereocenters. The molecule has 3 saturated carbocycles. The van der Waals surface area contributed by atoms with Gasteiger partial charge >= 0.3 is 0 Å². The van der Waals surface area contributed by atoms with Crippen LogP contribution in [-0.4, -0.2) is 12.3 Å². The number of allylic oxidation sites excluding steroid dienone is 4. The maximum absolute atomic E-state index is 16.8. The summed E-state index contributed by atoms with van der Waals surface area (Å²) in [4.78, 5) is 0. The van der Waals surface area contributed by atoms with E-state index in [0.29, 0.717) is 12.0 Å². The van der Waals surface area contributed by atoms with Crippen LogP contribution in [0.3, 0.4) is 0 Å². The molecule has 5 rings (SSSR count). The van der Waals surface area contributed by atoms with Gasteiger partial charge in [-0.1, -0.05) is 43.7 Å². The summed E-state index contributed by atoms with van der Waals surface area (Å²) in [6.07, 6.45) is 15.8. The molecule has 0 radical (unpaired) electrons. The van der Waals surface area contributed by atoms with Crippen LogP contribution >= 0.6 is 0 Å². The zero-order chi connectivity index (χ0) is 18.3. The highest BCUT2D eigenvalue weighted by Gasteiger charge is 2.60. The molecule has 4 aliphatic rings. The number of hydrogen-bond acceptors (Lipinski definition) is 1. The van der Waals surface area contributed by atoms with Gasteiger partial charge in [-0.2, -0.15) is 0 Å². The Labute approximate surface area is 157 Å². The van der Waals surface area contributed by atoms with E-state index < -0.39 is 5.67 Å². The third-order valence-electron chi connectivity index (χ3n) is 7.72. The number of benzene rings is 1. The molecular weight excluding hydrogens is 323 g/mol. The van der Waals surface area contributed by atoms with E-state index in [1.54, 1.807) is 0 Å². The minimum absolute atomic E-state index is 0.199. The minimum atomic E-state index is -1.28. The van der Waals surface area contributed by atoms with E-state index in [0.717, 1.165) is 30.6 Å². The Hall–Kier alpha value is -1.57. The molecule has 2 bridgehead atoms. The molecule has 2 atom stereocenters. The van der Waals surface area contributed by atoms with Crippen molar-refractivity contribution in [3.63, 3.8) is 0 Å². The van der Waals surface area contributed by atoms with Gasteiger partial charge in [-0.3, -0.25) is 0 Å². The molecule has 0 aliphatic heterocycles. The van der Waals surface area contributed by atoms with Crippen molar-refractivity contribution in [2.75, 3.05) is 6.61 Å². The first-order valence-electron chi connectivity index (χ1n) is 10.3. The lowest BCUT2D eigenvalue weighted by Crippen LogP contribution is -2.54. The fourth-order valence-electron chi connectivity index (χ4n) is 5.78. The van der Waals surface area contributed by atoms with Crippen LogP contribution in [0.15, 0.2) is 48.6 Å². The molecule has 4 aliphatic carbocycles. The van der Waals surface area contributed by atoms with E-state index in [-0.39, 0.29) is 11.3 Å². The van der Waals surface area contributed by atoms with Crippen LogP contribution in [0.1, 0.15) is 70.3 Å². The van der Waals surface area contributed by atoms with Gasteiger partial charge in [-0.15, -0.1) is 0 Å². The molecule has 26 heavy (non-hydrogen) atoms. The molecule has 0 N–H and O–H groups in total. The fraction of sp³-hybridized carbons (Fsp3) is 0.583. The number of alkyl halides is 1. The average molecular weight is 355 g/mol. The van der Waals surface area contributed by atoms with E-state index in [2.05, 4.69) is 13.0 Å². The Bertz CT molecular complexity index is 677. The predicted molar refractivity (Wildman–Crippen MR) is 105 cm³/mol. The Morgan fingerprint density at radius 3 is 2.19 bits per heavy atom. The number of fused-ring (bicyclic) bond motifs is 3. The monoisotopic (exact) mass is 354 g/mol. The number of hydrogen-bond donors (Lipinski definition) is 0. The second-order valence-electron chi connectivity index (χ2n) is 8.63. The van der Waals surface area contributed by atoms with E-state index in [4.69, 9.17) is 4.74 Å². The average Bonchev–Trinajstić information content (AvgIpc) is 2.71. The Balaban J connectivity index is 1.65. The lowest BCUT2D eigenvalue weighted by atomic mass is 9.46. The van der Waals surface area contributed by atoms with Crippen molar-refractivity contribution < 1.29 is 9.13 Å². The van der Waals surface area contributed by atoms with Gasteiger partial charge in [0.2, 0.25) is 0 Å². The first-order chi connectivity index (χ1) is 12.6. The van der Waals surface area contributed by atoms with Crippen molar-refractivity contribution in [3.8, 4) is 5.75 Å². The van der Waals surface area contributed by atoms with Crippen LogP contribution in [0.5, 0.6) is 5.75 Å². The fourth-order valence-corrected chi connectivity index (χ4v) is 5.78. The maximum atomic E-state index is 16.8. The molecule has 0 aromatic heterocycles. The van der Waals surface area contributed by atoms with Crippen molar-refractivity contribution in [1.29, 1.82) is 0 Å². The highest BCUT2D eigenvalue weighted by molar-refractivity contribution is 5.40. The van der Waals surface area contributed by atoms with Gasteiger partial charge in [0.25, 0.3) is 0 Å². The Morgan fingerprint density at radius 1 is 0.962 bits per heavy atom. The summed E-state index contributed by atoms with van der Waals surface area (Å²) in [5.41, 5.74) is 0.0776. The minimum Gasteiger partial charge on any atom is -0.494 e. The summed E-state index contributed by atoms with van der Waals surface area (Å²) < 4.78 is 22.4. The highest BCUT2D eigenvalue weighted by atomic mass is 19.1. The Kier molecular flexibility index (Phi) is 4.49. The summed E-state index contributed by atoms with van der Waals surface area (Å²) in [5.74, 6) is 0.660. The number of rotatable bonds is 5. The molecule has 1 nitrogen and oxygen atoms in total. The molecule has 0 spiro atoms. The quantitative estimate of drug-likeness (QED) is 0.568. The van der Waals surface area contributed by atoms with Crippen LogP contribution in [0.25, 0.3) is 0 Å². The molecule has 0 amide bonds. The second-order valence-corrected chi connectivity index (χ2v) is 8.63. The van der Waals surface area contributed by atoms with Crippen LogP contribution in [0.2, 0.25) is 0 Å². The molecule has 1 aromatic rings.